The molecule has 3 nitrogen and oxygen atoms in total. The number of rotatable bonds is 1. The van der Waals surface area contributed by atoms with E-state index in [1.807, 2.05) is 31.2 Å². The summed E-state index contributed by atoms with van der Waals surface area (Å²) in [5.74, 6) is 1.68. The van der Waals surface area contributed by atoms with Crippen LogP contribution < -0.4 is 14.8 Å². The fourth-order valence-corrected chi connectivity index (χ4v) is 2.54. The first-order valence-electron chi connectivity index (χ1n) is 5.96. The van der Waals surface area contributed by atoms with Crippen molar-refractivity contribution in [1.29, 1.82) is 0 Å². The SMILES string of the molecule is CC1(C2CCCNC2)Oc2ccccc2O1. The Hall–Kier alpha value is -1.22. The van der Waals surface area contributed by atoms with Crippen LogP contribution in [-0.2, 0) is 0 Å². The monoisotopic (exact) mass is 219 g/mol. The van der Waals surface area contributed by atoms with E-state index >= 15 is 0 Å². The summed E-state index contributed by atoms with van der Waals surface area (Å²) < 4.78 is 11.9. The lowest BCUT2D eigenvalue weighted by molar-refractivity contribution is -0.115. The summed E-state index contributed by atoms with van der Waals surface area (Å²) in [7, 11) is 0. The van der Waals surface area contributed by atoms with Gasteiger partial charge in [0.05, 0.1) is 0 Å². The fraction of sp³-hybridized carbons (Fsp3) is 0.538. The van der Waals surface area contributed by atoms with Gasteiger partial charge >= 0.3 is 0 Å². The molecule has 0 aliphatic carbocycles. The molecule has 86 valence electrons. The van der Waals surface area contributed by atoms with E-state index in [4.69, 9.17) is 9.47 Å². The van der Waals surface area contributed by atoms with E-state index in [0.29, 0.717) is 5.92 Å². The molecular formula is C13H17NO2. The molecule has 3 rings (SSSR count). The second-order valence-corrected chi connectivity index (χ2v) is 4.71. The van der Waals surface area contributed by atoms with Crippen LogP contribution in [0.15, 0.2) is 24.3 Å². The highest BCUT2D eigenvalue weighted by molar-refractivity contribution is 5.42. The number of nitrogens with one attached hydrogen (secondary N) is 1. The predicted molar refractivity (Wildman–Crippen MR) is 61.7 cm³/mol. The van der Waals surface area contributed by atoms with Crippen molar-refractivity contribution in [3.05, 3.63) is 24.3 Å². The molecular weight excluding hydrogens is 202 g/mol. The number of hydrogen-bond acceptors (Lipinski definition) is 3. The van der Waals surface area contributed by atoms with Gasteiger partial charge in [-0.15, -0.1) is 0 Å². The fourth-order valence-electron chi connectivity index (χ4n) is 2.54. The van der Waals surface area contributed by atoms with Crippen molar-refractivity contribution >= 4 is 0 Å². The average molecular weight is 219 g/mol. The van der Waals surface area contributed by atoms with Crippen LogP contribution in [0.1, 0.15) is 19.8 Å². The number of fused-ring (bicyclic) bond motifs is 1. The Kier molecular flexibility index (Phi) is 2.28. The van der Waals surface area contributed by atoms with E-state index in [-0.39, 0.29) is 0 Å². The van der Waals surface area contributed by atoms with Gasteiger partial charge in [-0.25, -0.2) is 0 Å². The molecule has 1 saturated heterocycles. The Balaban J connectivity index is 1.82. The third-order valence-electron chi connectivity index (χ3n) is 3.51. The topological polar surface area (TPSA) is 30.5 Å². The van der Waals surface area contributed by atoms with Gasteiger partial charge in [0.1, 0.15) is 0 Å². The molecule has 1 unspecified atom stereocenters. The standard InChI is InChI=1S/C13H17NO2/c1-13(10-5-4-8-14-9-10)15-11-6-2-3-7-12(11)16-13/h2-3,6-7,10,14H,4-5,8-9H2,1H3. The molecule has 1 aromatic rings. The maximum Gasteiger partial charge on any atom is 0.252 e. The summed E-state index contributed by atoms with van der Waals surface area (Å²) in [6, 6.07) is 7.90. The Bertz CT molecular complexity index is 360. The highest BCUT2D eigenvalue weighted by Gasteiger charge is 2.44. The number of ether oxygens (including phenoxy) is 2. The van der Waals surface area contributed by atoms with Crippen molar-refractivity contribution in [2.45, 2.75) is 25.6 Å². The quantitative estimate of drug-likeness (QED) is 0.785. The van der Waals surface area contributed by atoms with Crippen molar-refractivity contribution in [2.24, 2.45) is 5.92 Å². The van der Waals surface area contributed by atoms with Crippen LogP contribution in [0.5, 0.6) is 11.5 Å². The first-order chi connectivity index (χ1) is 7.78. The Morgan fingerprint density at radius 2 is 1.94 bits per heavy atom. The molecule has 0 amide bonds. The Labute approximate surface area is 95.8 Å². The van der Waals surface area contributed by atoms with E-state index in [2.05, 4.69) is 5.32 Å². The van der Waals surface area contributed by atoms with Gasteiger partial charge in [-0.1, -0.05) is 12.1 Å². The van der Waals surface area contributed by atoms with Crippen molar-refractivity contribution in [1.82, 2.24) is 5.32 Å². The van der Waals surface area contributed by atoms with Gasteiger partial charge in [-0.2, -0.15) is 0 Å². The highest BCUT2D eigenvalue weighted by atomic mass is 16.7. The van der Waals surface area contributed by atoms with Gasteiger partial charge in [0.15, 0.2) is 11.5 Å². The van der Waals surface area contributed by atoms with Crippen LogP contribution in [0.2, 0.25) is 0 Å². The largest absolute Gasteiger partial charge is 0.448 e. The third-order valence-corrected chi connectivity index (χ3v) is 3.51. The number of para-hydroxylation sites is 2. The number of benzene rings is 1. The first kappa shape index (κ1) is 9.97. The summed E-state index contributed by atoms with van der Waals surface area (Å²) in [6.45, 7) is 4.13. The van der Waals surface area contributed by atoms with E-state index in [1.54, 1.807) is 0 Å². The maximum absolute atomic E-state index is 5.97. The zero-order valence-corrected chi connectivity index (χ0v) is 9.53. The molecule has 2 aliphatic rings. The molecule has 1 atom stereocenters. The van der Waals surface area contributed by atoms with E-state index in [0.717, 1.165) is 31.0 Å². The van der Waals surface area contributed by atoms with E-state index < -0.39 is 5.79 Å². The van der Waals surface area contributed by atoms with Gasteiger partial charge in [-0.05, 0) is 31.5 Å². The van der Waals surface area contributed by atoms with Crippen LogP contribution in [0.3, 0.4) is 0 Å². The lowest BCUT2D eigenvalue weighted by Gasteiger charge is -2.34. The summed E-state index contributed by atoms with van der Waals surface area (Å²) in [5, 5.41) is 3.40. The summed E-state index contributed by atoms with van der Waals surface area (Å²) in [6.07, 6.45) is 2.36. The molecule has 0 aromatic heterocycles. The highest BCUT2D eigenvalue weighted by Crippen LogP contribution is 2.43. The summed E-state index contributed by atoms with van der Waals surface area (Å²) in [5.41, 5.74) is 0. The molecule has 1 aromatic carbocycles. The molecule has 0 bridgehead atoms. The first-order valence-corrected chi connectivity index (χ1v) is 5.96. The van der Waals surface area contributed by atoms with Crippen molar-refractivity contribution < 1.29 is 9.47 Å². The van der Waals surface area contributed by atoms with Crippen molar-refractivity contribution in [3.8, 4) is 11.5 Å². The minimum absolute atomic E-state index is 0.425. The van der Waals surface area contributed by atoms with Crippen LogP contribution in [-0.4, -0.2) is 18.9 Å². The van der Waals surface area contributed by atoms with Gasteiger partial charge in [0, 0.05) is 19.4 Å². The predicted octanol–water partition coefficient (Wildman–Crippen LogP) is 2.17. The normalized spacial score (nSPS) is 26.7. The molecule has 16 heavy (non-hydrogen) atoms. The molecule has 1 fully saturated rings. The van der Waals surface area contributed by atoms with Crippen molar-refractivity contribution in [3.63, 3.8) is 0 Å². The average Bonchev–Trinajstić information content (AvgIpc) is 2.68. The minimum Gasteiger partial charge on any atom is -0.448 e. The summed E-state index contributed by atoms with van der Waals surface area (Å²) in [4.78, 5) is 0. The summed E-state index contributed by atoms with van der Waals surface area (Å²) >= 11 is 0. The lowest BCUT2D eigenvalue weighted by atomic mass is 9.92. The molecule has 2 heterocycles. The molecule has 0 spiro atoms. The van der Waals surface area contributed by atoms with Crippen LogP contribution in [0.25, 0.3) is 0 Å². The minimum atomic E-state index is -0.489. The lowest BCUT2D eigenvalue weighted by Crippen LogP contribution is -2.49. The van der Waals surface area contributed by atoms with E-state index in [1.165, 1.54) is 6.42 Å². The third kappa shape index (κ3) is 1.55. The zero-order chi connectivity index (χ0) is 11.0. The Morgan fingerprint density at radius 3 is 2.50 bits per heavy atom. The maximum atomic E-state index is 5.97. The second kappa shape index (κ2) is 3.67. The van der Waals surface area contributed by atoms with Crippen molar-refractivity contribution in [2.75, 3.05) is 13.1 Å². The number of hydrogen-bond donors (Lipinski definition) is 1. The number of piperidine rings is 1. The molecule has 3 heteroatoms. The molecule has 1 N–H and O–H groups in total. The van der Waals surface area contributed by atoms with Gasteiger partial charge < -0.3 is 14.8 Å². The molecule has 0 radical (unpaired) electrons. The second-order valence-electron chi connectivity index (χ2n) is 4.71. The molecule has 0 saturated carbocycles. The van der Waals surface area contributed by atoms with Crippen LogP contribution >= 0.6 is 0 Å². The van der Waals surface area contributed by atoms with Gasteiger partial charge in [-0.3, -0.25) is 0 Å². The van der Waals surface area contributed by atoms with Crippen LogP contribution in [0, 0.1) is 5.92 Å². The van der Waals surface area contributed by atoms with E-state index in [9.17, 15) is 0 Å². The smallest absolute Gasteiger partial charge is 0.252 e. The van der Waals surface area contributed by atoms with Gasteiger partial charge in [0.25, 0.3) is 5.79 Å². The Morgan fingerprint density at radius 1 is 1.25 bits per heavy atom. The molecule has 2 aliphatic heterocycles. The van der Waals surface area contributed by atoms with Crippen LogP contribution in [0.4, 0.5) is 0 Å². The van der Waals surface area contributed by atoms with Gasteiger partial charge in [0.2, 0.25) is 0 Å². The zero-order valence-electron chi connectivity index (χ0n) is 9.53.